The van der Waals surface area contributed by atoms with Crippen molar-refractivity contribution in [3.8, 4) is 11.5 Å². The van der Waals surface area contributed by atoms with Gasteiger partial charge in [-0.15, -0.1) is 0 Å². The van der Waals surface area contributed by atoms with Crippen molar-refractivity contribution in [3.63, 3.8) is 0 Å². The molecule has 0 atom stereocenters. The molecule has 2 aromatic carbocycles. The third-order valence-corrected chi connectivity index (χ3v) is 4.37. The lowest BCUT2D eigenvalue weighted by Crippen LogP contribution is -2.27. The molecule has 0 aromatic heterocycles. The van der Waals surface area contributed by atoms with E-state index in [9.17, 15) is 14.7 Å². The molecule has 0 heterocycles. The summed E-state index contributed by atoms with van der Waals surface area (Å²) < 4.78 is 11.1. The zero-order valence-electron chi connectivity index (χ0n) is 13.9. The molecule has 26 heavy (non-hydrogen) atoms. The van der Waals surface area contributed by atoms with Crippen molar-refractivity contribution in [2.24, 2.45) is 0 Å². The summed E-state index contributed by atoms with van der Waals surface area (Å²) in [6.45, 7) is 0. The number of hydrogen-bond donors (Lipinski definition) is 2. The molecule has 0 spiro atoms. The van der Waals surface area contributed by atoms with Crippen molar-refractivity contribution in [1.29, 1.82) is 0 Å². The number of carbonyl (C=O) groups excluding carboxylic acids is 1. The van der Waals surface area contributed by atoms with E-state index in [1.807, 2.05) is 22.6 Å². The Balaban J connectivity index is 2.34. The van der Waals surface area contributed by atoms with Crippen LogP contribution in [0.25, 0.3) is 6.08 Å². The van der Waals surface area contributed by atoms with Crippen LogP contribution in [0.2, 0.25) is 5.02 Å². The van der Waals surface area contributed by atoms with Crippen LogP contribution in [0.3, 0.4) is 0 Å². The third kappa shape index (κ3) is 4.89. The predicted molar refractivity (Wildman–Crippen MR) is 107 cm³/mol. The number of amides is 1. The first-order valence-corrected chi connectivity index (χ1v) is 8.74. The van der Waals surface area contributed by atoms with Gasteiger partial charge >= 0.3 is 5.97 Å². The van der Waals surface area contributed by atoms with Crippen molar-refractivity contribution in [1.82, 2.24) is 5.32 Å². The van der Waals surface area contributed by atoms with Crippen LogP contribution in [-0.2, 0) is 4.79 Å². The minimum atomic E-state index is -1.28. The minimum Gasteiger partial charge on any atom is -0.493 e. The molecule has 0 radical (unpaired) electrons. The standard InChI is InChI=1S/C18H15ClINO5/c1-25-15-6-3-10(8-16(15)26-2)7-14(18(23)24)21-17(22)12-9-11(20)4-5-13(12)19/h3-9H,1-2H3,(H,21,22)(H,23,24)/b14-7-. The maximum absolute atomic E-state index is 12.4. The lowest BCUT2D eigenvalue weighted by atomic mass is 10.1. The normalized spacial score (nSPS) is 11.0. The fraction of sp³-hybridized carbons (Fsp3) is 0.111. The van der Waals surface area contributed by atoms with Gasteiger partial charge in [0.05, 0.1) is 24.8 Å². The van der Waals surface area contributed by atoms with E-state index < -0.39 is 11.9 Å². The fourth-order valence-corrected chi connectivity index (χ4v) is 2.82. The molecule has 6 nitrogen and oxygen atoms in total. The molecule has 0 fully saturated rings. The Bertz CT molecular complexity index is 882. The monoisotopic (exact) mass is 487 g/mol. The highest BCUT2D eigenvalue weighted by Crippen LogP contribution is 2.28. The van der Waals surface area contributed by atoms with E-state index in [-0.39, 0.29) is 16.3 Å². The van der Waals surface area contributed by atoms with Crippen molar-refractivity contribution in [3.05, 3.63) is 61.8 Å². The predicted octanol–water partition coefficient (Wildman–Crippen LogP) is 3.82. The molecule has 0 aliphatic carbocycles. The molecule has 0 saturated carbocycles. The van der Waals surface area contributed by atoms with Crippen LogP contribution in [0.15, 0.2) is 42.1 Å². The van der Waals surface area contributed by atoms with Crippen molar-refractivity contribution >= 4 is 52.1 Å². The van der Waals surface area contributed by atoms with Crippen molar-refractivity contribution in [2.45, 2.75) is 0 Å². The molecule has 2 aromatic rings. The van der Waals surface area contributed by atoms with Crippen molar-refractivity contribution < 1.29 is 24.2 Å². The lowest BCUT2D eigenvalue weighted by Gasteiger charge is -2.10. The van der Waals surface area contributed by atoms with Gasteiger partial charge in [-0.1, -0.05) is 17.7 Å². The Morgan fingerprint density at radius 1 is 1.12 bits per heavy atom. The Kier molecular flexibility index (Phi) is 6.87. The molecule has 0 aliphatic rings. The highest BCUT2D eigenvalue weighted by atomic mass is 127. The summed E-state index contributed by atoms with van der Waals surface area (Å²) in [5.74, 6) is -0.938. The van der Waals surface area contributed by atoms with Gasteiger partial charge in [-0.05, 0) is 64.6 Å². The Morgan fingerprint density at radius 3 is 2.42 bits per heavy atom. The molecule has 0 saturated heterocycles. The minimum absolute atomic E-state index is 0.193. The molecule has 8 heteroatoms. The largest absolute Gasteiger partial charge is 0.493 e. The van der Waals surface area contributed by atoms with E-state index in [0.717, 1.165) is 3.57 Å². The molecular weight excluding hydrogens is 473 g/mol. The van der Waals surface area contributed by atoms with E-state index in [2.05, 4.69) is 5.32 Å². The van der Waals surface area contributed by atoms with Gasteiger partial charge < -0.3 is 19.9 Å². The van der Waals surface area contributed by atoms with Crippen LogP contribution in [-0.4, -0.2) is 31.2 Å². The van der Waals surface area contributed by atoms with Crippen LogP contribution < -0.4 is 14.8 Å². The Hall–Kier alpha value is -2.26. The van der Waals surface area contributed by atoms with Crippen molar-refractivity contribution in [2.75, 3.05) is 14.2 Å². The molecule has 1 amide bonds. The van der Waals surface area contributed by atoms with Gasteiger partial charge in [-0.2, -0.15) is 0 Å². The van der Waals surface area contributed by atoms with E-state index in [4.69, 9.17) is 21.1 Å². The number of nitrogens with one attached hydrogen (secondary N) is 1. The summed E-state index contributed by atoms with van der Waals surface area (Å²) in [5.41, 5.74) is 0.421. The van der Waals surface area contributed by atoms with Gasteiger partial charge in [0.15, 0.2) is 11.5 Å². The average Bonchev–Trinajstić information content (AvgIpc) is 2.62. The Labute approximate surface area is 168 Å². The van der Waals surface area contributed by atoms with Crippen LogP contribution in [0.5, 0.6) is 11.5 Å². The topological polar surface area (TPSA) is 84.9 Å². The number of methoxy groups -OCH3 is 2. The van der Waals surface area contributed by atoms with Gasteiger partial charge in [0.25, 0.3) is 5.91 Å². The van der Waals surface area contributed by atoms with Gasteiger partial charge in [-0.25, -0.2) is 4.79 Å². The Morgan fingerprint density at radius 2 is 1.81 bits per heavy atom. The number of hydrogen-bond acceptors (Lipinski definition) is 4. The summed E-state index contributed by atoms with van der Waals surface area (Å²) in [7, 11) is 2.98. The molecule has 0 unspecified atom stereocenters. The number of carboxylic acid groups (broad SMARTS) is 1. The van der Waals surface area contributed by atoms with E-state index in [1.54, 1.807) is 36.4 Å². The number of ether oxygens (including phenoxy) is 2. The number of rotatable bonds is 6. The summed E-state index contributed by atoms with van der Waals surface area (Å²) in [4.78, 5) is 23.9. The first-order chi connectivity index (χ1) is 12.3. The second-order valence-corrected chi connectivity index (χ2v) is 6.71. The molecule has 136 valence electrons. The van der Waals surface area contributed by atoms with Gasteiger partial charge in [-0.3, -0.25) is 4.79 Å². The SMILES string of the molecule is COc1ccc(/C=C(\NC(=O)c2cc(I)ccc2Cl)C(=O)O)cc1OC. The van der Waals surface area contributed by atoms with E-state index >= 15 is 0 Å². The number of carboxylic acids is 1. The van der Waals surface area contributed by atoms with E-state index in [1.165, 1.54) is 20.3 Å². The first kappa shape index (κ1) is 20.1. The average molecular weight is 488 g/mol. The summed E-state index contributed by atoms with van der Waals surface area (Å²) in [5, 5.41) is 12.0. The number of halogens is 2. The highest BCUT2D eigenvalue weighted by molar-refractivity contribution is 14.1. The smallest absolute Gasteiger partial charge is 0.352 e. The molecular formula is C18H15ClINO5. The molecule has 2 N–H and O–H groups in total. The van der Waals surface area contributed by atoms with E-state index in [0.29, 0.717) is 17.1 Å². The number of benzene rings is 2. The van der Waals surface area contributed by atoms with Crippen LogP contribution in [0.1, 0.15) is 15.9 Å². The quantitative estimate of drug-likeness (QED) is 0.478. The van der Waals surface area contributed by atoms with Crippen LogP contribution in [0.4, 0.5) is 0 Å². The molecule has 0 bridgehead atoms. The third-order valence-electron chi connectivity index (χ3n) is 3.37. The maximum Gasteiger partial charge on any atom is 0.352 e. The lowest BCUT2D eigenvalue weighted by molar-refractivity contribution is -0.132. The van der Waals surface area contributed by atoms with Gasteiger partial charge in [0.2, 0.25) is 0 Å². The van der Waals surface area contributed by atoms with Crippen LogP contribution >= 0.6 is 34.2 Å². The number of aliphatic carboxylic acids is 1. The molecule has 0 aliphatic heterocycles. The maximum atomic E-state index is 12.4. The fourth-order valence-electron chi connectivity index (χ4n) is 2.12. The second kappa shape index (κ2) is 8.91. The van der Waals surface area contributed by atoms with Gasteiger partial charge in [0.1, 0.15) is 5.70 Å². The zero-order chi connectivity index (χ0) is 19.3. The van der Waals surface area contributed by atoms with Crippen LogP contribution in [0, 0.1) is 3.57 Å². The highest BCUT2D eigenvalue weighted by Gasteiger charge is 2.16. The summed E-state index contributed by atoms with van der Waals surface area (Å²) >= 11 is 8.07. The second-order valence-electron chi connectivity index (χ2n) is 5.06. The summed E-state index contributed by atoms with van der Waals surface area (Å²) in [6, 6.07) is 9.80. The van der Waals surface area contributed by atoms with Gasteiger partial charge in [0, 0.05) is 3.57 Å². The molecule has 2 rings (SSSR count). The first-order valence-electron chi connectivity index (χ1n) is 7.29. The summed E-state index contributed by atoms with van der Waals surface area (Å²) in [6.07, 6.45) is 1.32. The zero-order valence-corrected chi connectivity index (χ0v) is 16.8. The number of carbonyl (C=O) groups is 2.